The van der Waals surface area contributed by atoms with Crippen molar-refractivity contribution in [2.24, 2.45) is 0 Å². The van der Waals surface area contributed by atoms with Gasteiger partial charge in [0.15, 0.2) is 5.82 Å². The molecule has 2 aromatic carbocycles. The highest BCUT2D eigenvalue weighted by molar-refractivity contribution is 7.07. The van der Waals surface area contributed by atoms with E-state index in [1.54, 1.807) is 19.2 Å². The van der Waals surface area contributed by atoms with Crippen LogP contribution in [0.25, 0.3) is 0 Å². The topological polar surface area (TPSA) is 85.8 Å². The first kappa shape index (κ1) is 23.2. The Morgan fingerprint density at radius 2 is 2.06 bits per heavy atom. The molecule has 0 atom stereocenters. The SMILES string of the molecule is COc1cccc(Cc2nsc(Oc3cc(C(=O)NCCN4CCOCC4)ccc3C)n2)c1. The Hall–Kier alpha value is -3.01. The van der Waals surface area contributed by atoms with Crippen molar-refractivity contribution in [3.63, 3.8) is 0 Å². The van der Waals surface area contributed by atoms with Crippen molar-refractivity contribution in [2.75, 3.05) is 46.5 Å². The van der Waals surface area contributed by atoms with E-state index < -0.39 is 0 Å². The average molecular weight is 469 g/mol. The van der Waals surface area contributed by atoms with Gasteiger partial charge in [-0.05, 0) is 42.3 Å². The minimum atomic E-state index is -0.121. The second kappa shape index (κ2) is 11.2. The summed E-state index contributed by atoms with van der Waals surface area (Å²) in [5.41, 5.74) is 2.54. The maximum atomic E-state index is 12.6. The molecule has 2 heterocycles. The smallest absolute Gasteiger partial charge is 0.298 e. The molecule has 1 aliphatic rings. The van der Waals surface area contributed by atoms with E-state index in [-0.39, 0.29) is 5.91 Å². The summed E-state index contributed by atoms with van der Waals surface area (Å²) in [6.07, 6.45) is 0.585. The number of ether oxygens (including phenoxy) is 3. The molecule has 1 amide bonds. The molecule has 0 spiro atoms. The van der Waals surface area contributed by atoms with Gasteiger partial charge in [-0.3, -0.25) is 9.69 Å². The minimum Gasteiger partial charge on any atom is -0.497 e. The first-order chi connectivity index (χ1) is 16.1. The lowest BCUT2D eigenvalue weighted by Crippen LogP contribution is -2.41. The van der Waals surface area contributed by atoms with E-state index in [0.29, 0.717) is 35.3 Å². The Bertz CT molecular complexity index is 1080. The molecule has 1 aromatic heterocycles. The second-order valence-corrected chi connectivity index (χ2v) is 8.51. The van der Waals surface area contributed by atoms with Crippen LogP contribution in [0.5, 0.6) is 16.7 Å². The molecule has 0 saturated carbocycles. The lowest BCUT2D eigenvalue weighted by atomic mass is 10.1. The van der Waals surface area contributed by atoms with E-state index in [4.69, 9.17) is 14.2 Å². The van der Waals surface area contributed by atoms with Gasteiger partial charge in [-0.1, -0.05) is 18.2 Å². The summed E-state index contributed by atoms with van der Waals surface area (Å²) in [7, 11) is 1.65. The molecule has 0 radical (unpaired) electrons. The molecule has 1 fully saturated rings. The van der Waals surface area contributed by atoms with E-state index in [1.807, 2.05) is 37.3 Å². The van der Waals surface area contributed by atoms with Crippen molar-refractivity contribution < 1.29 is 19.0 Å². The molecule has 1 saturated heterocycles. The van der Waals surface area contributed by atoms with Gasteiger partial charge in [-0.2, -0.15) is 9.36 Å². The molecule has 4 rings (SSSR count). The molecule has 0 unspecified atom stereocenters. The zero-order chi connectivity index (χ0) is 23.0. The van der Waals surface area contributed by atoms with E-state index in [1.165, 1.54) is 11.5 Å². The number of morpholine rings is 1. The fourth-order valence-electron chi connectivity index (χ4n) is 3.52. The number of benzene rings is 2. The summed E-state index contributed by atoms with van der Waals surface area (Å²) in [4.78, 5) is 19.4. The summed E-state index contributed by atoms with van der Waals surface area (Å²) >= 11 is 1.20. The van der Waals surface area contributed by atoms with Crippen molar-refractivity contribution in [3.8, 4) is 16.7 Å². The standard InChI is InChI=1S/C24H28N4O4S/c1-17-6-7-19(23(29)25-8-9-28-10-12-31-13-11-28)16-21(17)32-24-26-22(27-33-24)15-18-4-3-5-20(14-18)30-2/h3-7,14,16H,8-13,15H2,1-2H3,(H,25,29). The number of aryl methyl sites for hydroxylation is 1. The summed E-state index contributed by atoms with van der Waals surface area (Å²) in [5.74, 6) is 1.96. The molecule has 0 bridgehead atoms. The van der Waals surface area contributed by atoms with Crippen molar-refractivity contribution in [1.29, 1.82) is 0 Å². The van der Waals surface area contributed by atoms with Crippen LogP contribution in [0.2, 0.25) is 0 Å². The van der Waals surface area contributed by atoms with Gasteiger partial charge < -0.3 is 19.5 Å². The van der Waals surface area contributed by atoms with Crippen molar-refractivity contribution in [2.45, 2.75) is 13.3 Å². The molecule has 8 nitrogen and oxygen atoms in total. The van der Waals surface area contributed by atoms with Gasteiger partial charge in [-0.15, -0.1) is 0 Å². The predicted octanol–water partition coefficient (Wildman–Crippen LogP) is 3.30. The Kier molecular flexibility index (Phi) is 7.87. The lowest BCUT2D eigenvalue weighted by Gasteiger charge is -2.26. The molecule has 1 aliphatic heterocycles. The number of nitrogens with zero attached hydrogens (tertiary/aromatic N) is 3. The number of amides is 1. The molecule has 33 heavy (non-hydrogen) atoms. The number of methoxy groups -OCH3 is 1. The van der Waals surface area contributed by atoms with E-state index >= 15 is 0 Å². The van der Waals surface area contributed by atoms with E-state index in [2.05, 4.69) is 19.6 Å². The van der Waals surface area contributed by atoms with Gasteiger partial charge in [0.25, 0.3) is 11.1 Å². The largest absolute Gasteiger partial charge is 0.497 e. The highest BCUT2D eigenvalue weighted by Gasteiger charge is 2.14. The van der Waals surface area contributed by atoms with Crippen LogP contribution in [0.1, 0.15) is 27.3 Å². The van der Waals surface area contributed by atoms with Crippen LogP contribution in [0.15, 0.2) is 42.5 Å². The number of nitrogens with one attached hydrogen (secondary N) is 1. The van der Waals surface area contributed by atoms with Gasteiger partial charge in [0.05, 0.1) is 20.3 Å². The lowest BCUT2D eigenvalue weighted by molar-refractivity contribution is 0.0383. The van der Waals surface area contributed by atoms with Crippen LogP contribution in [0.4, 0.5) is 0 Å². The Morgan fingerprint density at radius 1 is 1.21 bits per heavy atom. The van der Waals surface area contributed by atoms with Gasteiger partial charge >= 0.3 is 0 Å². The first-order valence-electron chi connectivity index (χ1n) is 10.9. The molecule has 3 aromatic rings. The number of carbonyl (C=O) groups is 1. The van der Waals surface area contributed by atoms with Crippen molar-refractivity contribution >= 4 is 17.4 Å². The number of carbonyl (C=O) groups excluding carboxylic acids is 1. The quantitative estimate of drug-likeness (QED) is 0.516. The molecular weight excluding hydrogens is 440 g/mol. The number of hydrogen-bond acceptors (Lipinski definition) is 8. The van der Waals surface area contributed by atoms with Crippen molar-refractivity contribution in [1.82, 2.24) is 19.6 Å². The fourth-order valence-corrected chi connectivity index (χ4v) is 4.08. The molecule has 1 N–H and O–H groups in total. The Balaban J connectivity index is 1.35. The summed E-state index contributed by atoms with van der Waals surface area (Å²) < 4.78 is 21.0. The van der Waals surface area contributed by atoms with E-state index in [9.17, 15) is 4.79 Å². The average Bonchev–Trinajstić information content (AvgIpc) is 3.27. The highest BCUT2D eigenvalue weighted by Crippen LogP contribution is 2.28. The third-order valence-corrected chi connectivity index (χ3v) is 6.04. The van der Waals surface area contributed by atoms with Gasteiger partial charge in [0.1, 0.15) is 11.5 Å². The predicted molar refractivity (Wildman–Crippen MR) is 127 cm³/mol. The van der Waals surface area contributed by atoms with Gasteiger partial charge in [0, 0.05) is 49.7 Å². The maximum Gasteiger partial charge on any atom is 0.298 e. The monoisotopic (exact) mass is 468 g/mol. The Morgan fingerprint density at radius 3 is 2.88 bits per heavy atom. The van der Waals surface area contributed by atoms with E-state index in [0.717, 1.165) is 49.7 Å². The maximum absolute atomic E-state index is 12.6. The highest BCUT2D eigenvalue weighted by atomic mass is 32.1. The normalized spacial score (nSPS) is 14.1. The molecule has 9 heteroatoms. The summed E-state index contributed by atoms with van der Waals surface area (Å²) in [6.45, 7) is 6.64. The fraction of sp³-hybridized carbons (Fsp3) is 0.375. The third kappa shape index (κ3) is 6.50. The zero-order valence-electron chi connectivity index (χ0n) is 18.9. The number of aromatic nitrogens is 2. The second-order valence-electron chi connectivity index (χ2n) is 7.80. The minimum absolute atomic E-state index is 0.121. The summed E-state index contributed by atoms with van der Waals surface area (Å²) in [5, 5.41) is 3.43. The molecular formula is C24H28N4O4S. The van der Waals surface area contributed by atoms with Crippen LogP contribution in [0, 0.1) is 6.92 Å². The van der Waals surface area contributed by atoms with Crippen molar-refractivity contribution in [3.05, 3.63) is 65.0 Å². The molecule has 174 valence electrons. The van der Waals surface area contributed by atoms with Crippen LogP contribution in [-0.4, -0.2) is 66.7 Å². The molecule has 0 aliphatic carbocycles. The zero-order valence-corrected chi connectivity index (χ0v) is 19.7. The first-order valence-corrected chi connectivity index (χ1v) is 11.7. The third-order valence-electron chi connectivity index (χ3n) is 5.41. The Labute approximate surface area is 197 Å². The number of rotatable bonds is 9. The van der Waals surface area contributed by atoms with Crippen LogP contribution < -0.4 is 14.8 Å². The number of hydrogen-bond donors (Lipinski definition) is 1. The van der Waals surface area contributed by atoms with Crippen LogP contribution in [-0.2, 0) is 11.2 Å². The summed E-state index contributed by atoms with van der Waals surface area (Å²) in [6, 6.07) is 13.3. The van der Waals surface area contributed by atoms with Crippen LogP contribution in [0.3, 0.4) is 0 Å². The van der Waals surface area contributed by atoms with Gasteiger partial charge in [0.2, 0.25) is 0 Å². The van der Waals surface area contributed by atoms with Crippen LogP contribution >= 0.6 is 11.5 Å². The van der Waals surface area contributed by atoms with Gasteiger partial charge in [-0.25, -0.2) is 0 Å².